The molecule has 5 N–H and O–H groups in total. The molecule has 2 aromatic rings. The maximum Gasteiger partial charge on any atom is 0.476 e. The average Bonchev–Trinajstić information content (AvgIpc) is 3.22. The van der Waals surface area contributed by atoms with E-state index in [1.807, 2.05) is 0 Å². The SMILES string of the molecule is N#Cc1nn(-c2c(Cl)cc(C(F)(F)F)cc2Cl)c(NCCO[C@H]2O[C@H](CO)[C@@H](O)[C@H](O)[C@@H]2O)c1S(=O)C(F)(F)F. The van der Waals surface area contributed by atoms with Crippen LogP contribution in [0.2, 0.25) is 10.0 Å². The van der Waals surface area contributed by atoms with Gasteiger partial charge in [-0.1, -0.05) is 23.2 Å². The van der Waals surface area contributed by atoms with Crippen molar-refractivity contribution >= 4 is 39.8 Å². The fourth-order valence-electron chi connectivity index (χ4n) is 3.57. The first-order valence-corrected chi connectivity index (χ1v) is 12.7. The van der Waals surface area contributed by atoms with Gasteiger partial charge in [-0.2, -0.15) is 36.7 Å². The Morgan fingerprint density at radius 3 is 2.23 bits per heavy atom. The van der Waals surface area contributed by atoms with Crippen molar-refractivity contribution in [3.8, 4) is 11.8 Å². The van der Waals surface area contributed by atoms with Crippen molar-refractivity contribution in [3.63, 3.8) is 0 Å². The predicted octanol–water partition coefficient (Wildman–Crippen LogP) is 1.93. The van der Waals surface area contributed by atoms with Crippen molar-refractivity contribution in [2.24, 2.45) is 0 Å². The van der Waals surface area contributed by atoms with Crippen LogP contribution >= 0.6 is 23.2 Å². The fourth-order valence-corrected chi connectivity index (χ4v) is 5.04. The highest BCUT2D eigenvalue weighted by molar-refractivity contribution is 7.86. The van der Waals surface area contributed by atoms with Crippen molar-refractivity contribution in [2.75, 3.05) is 25.1 Å². The number of nitrogens with zero attached hydrogens (tertiary/aromatic N) is 3. The van der Waals surface area contributed by atoms with E-state index in [0.29, 0.717) is 16.8 Å². The molecular weight excluding hydrogens is 625 g/mol. The fraction of sp³-hybridized carbons (Fsp3) is 0.500. The van der Waals surface area contributed by atoms with Gasteiger partial charge in [-0.05, 0) is 12.1 Å². The van der Waals surface area contributed by atoms with E-state index in [2.05, 4.69) is 10.4 Å². The number of nitriles is 1. The molecule has 0 spiro atoms. The number of halogens is 8. The number of hydrogen-bond acceptors (Lipinski definition) is 10. The van der Waals surface area contributed by atoms with Gasteiger partial charge in [-0.25, -0.2) is 8.89 Å². The monoisotopic (exact) mass is 642 g/mol. The minimum atomic E-state index is -5.39. The molecule has 1 aromatic carbocycles. The van der Waals surface area contributed by atoms with Gasteiger partial charge < -0.3 is 35.2 Å². The van der Waals surface area contributed by atoms with Crippen molar-refractivity contribution in [3.05, 3.63) is 33.4 Å². The molecule has 0 aliphatic carbocycles. The van der Waals surface area contributed by atoms with Crippen molar-refractivity contribution < 1.29 is 60.5 Å². The third-order valence-electron chi connectivity index (χ3n) is 5.42. The van der Waals surface area contributed by atoms with Gasteiger partial charge in [0, 0.05) is 6.54 Å². The van der Waals surface area contributed by atoms with Crippen LogP contribution in [0.3, 0.4) is 0 Å². The highest BCUT2D eigenvalue weighted by Gasteiger charge is 2.45. The second-order valence-corrected chi connectivity index (χ2v) is 10.3. The number of aliphatic hydroxyl groups excluding tert-OH is 4. The van der Waals surface area contributed by atoms with Gasteiger partial charge in [0.25, 0.3) is 0 Å². The first-order valence-electron chi connectivity index (χ1n) is 10.8. The molecule has 1 aromatic heterocycles. The minimum Gasteiger partial charge on any atom is -0.394 e. The van der Waals surface area contributed by atoms with Crippen LogP contribution in [-0.4, -0.2) is 90.4 Å². The summed E-state index contributed by atoms with van der Waals surface area (Å²) in [5, 5.41) is 52.8. The molecule has 0 saturated carbocycles. The summed E-state index contributed by atoms with van der Waals surface area (Å²) in [6.07, 6.45) is -13.1. The third kappa shape index (κ3) is 6.64. The van der Waals surface area contributed by atoms with Gasteiger partial charge in [0.2, 0.25) is 0 Å². The maximum absolute atomic E-state index is 13.4. The van der Waals surface area contributed by atoms with E-state index in [0.717, 1.165) is 0 Å². The number of benzene rings is 1. The molecule has 2 heterocycles. The van der Waals surface area contributed by atoms with E-state index in [1.54, 1.807) is 0 Å². The van der Waals surface area contributed by atoms with Crippen molar-refractivity contribution in [2.45, 2.75) is 47.3 Å². The molecular formula is C20H18Cl2F6N4O7S. The standard InChI is InChI=1S/C20H18Cl2F6N4O7S/c21-8-3-7(19(23,24)25)4-9(22)12(8)32-17(16(10(5-29)31-32)40(37)20(26,27)28)30-1-2-38-18-15(36)14(35)13(34)11(6-33)39-18/h3-4,11,13-15,18,30,33-36H,1-2,6H2/t11-,13-,14+,15+,18+,40?/m1/s1. The summed E-state index contributed by atoms with van der Waals surface area (Å²) in [6, 6.07) is 2.17. The average molecular weight is 643 g/mol. The van der Waals surface area contributed by atoms with Crippen LogP contribution in [0.25, 0.3) is 5.69 Å². The number of rotatable bonds is 8. The topological polar surface area (TPSA) is 170 Å². The molecule has 6 atom stereocenters. The smallest absolute Gasteiger partial charge is 0.394 e. The van der Waals surface area contributed by atoms with E-state index in [4.69, 9.17) is 32.7 Å². The largest absolute Gasteiger partial charge is 0.476 e. The lowest BCUT2D eigenvalue weighted by Crippen LogP contribution is -2.59. The summed E-state index contributed by atoms with van der Waals surface area (Å²) in [5.41, 5.74) is -8.27. The summed E-state index contributed by atoms with van der Waals surface area (Å²) >= 11 is 11.9. The number of aliphatic hydroxyl groups is 4. The molecule has 0 radical (unpaired) electrons. The second kappa shape index (κ2) is 12.3. The molecule has 3 rings (SSSR count). The summed E-state index contributed by atoms with van der Waals surface area (Å²) in [4.78, 5) is -1.19. The van der Waals surface area contributed by atoms with Gasteiger partial charge >= 0.3 is 11.7 Å². The van der Waals surface area contributed by atoms with E-state index in [9.17, 15) is 56.2 Å². The zero-order valence-corrected chi connectivity index (χ0v) is 21.8. The Balaban J connectivity index is 1.98. The Morgan fingerprint density at radius 2 is 1.73 bits per heavy atom. The first-order chi connectivity index (χ1) is 18.5. The molecule has 222 valence electrons. The molecule has 0 amide bonds. The molecule has 1 unspecified atom stereocenters. The lowest BCUT2D eigenvalue weighted by molar-refractivity contribution is -0.300. The van der Waals surface area contributed by atoms with Crippen LogP contribution in [0.15, 0.2) is 17.0 Å². The molecule has 11 nitrogen and oxygen atoms in total. The van der Waals surface area contributed by atoms with Crippen LogP contribution in [0, 0.1) is 11.3 Å². The van der Waals surface area contributed by atoms with Gasteiger partial charge in [0.1, 0.15) is 46.9 Å². The van der Waals surface area contributed by atoms with E-state index in [-0.39, 0.29) is 0 Å². The normalized spacial score (nSPS) is 24.5. The molecule has 1 aliphatic heterocycles. The molecule has 40 heavy (non-hydrogen) atoms. The Labute approximate surface area is 232 Å². The van der Waals surface area contributed by atoms with Crippen LogP contribution in [-0.2, 0) is 26.4 Å². The summed E-state index contributed by atoms with van der Waals surface area (Å²) in [7, 11) is -3.87. The Kier molecular flexibility index (Phi) is 9.97. The number of alkyl halides is 6. The van der Waals surface area contributed by atoms with Gasteiger partial charge in [0.15, 0.2) is 22.8 Å². The van der Waals surface area contributed by atoms with Crippen LogP contribution in [0.4, 0.5) is 32.2 Å². The lowest BCUT2D eigenvalue weighted by atomic mass is 9.99. The van der Waals surface area contributed by atoms with Gasteiger partial charge in [-0.15, -0.1) is 0 Å². The highest BCUT2D eigenvalue weighted by Crippen LogP contribution is 2.41. The third-order valence-corrected chi connectivity index (χ3v) is 7.18. The Bertz CT molecular complexity index is 1280. The second-order valence-electron chi connectivity index (χ2n) is 8.05. The van der Waals surface area contributed by atoms with Crippen LogP contribution in [0.1, 0.15) is 11.3 Å². The van der Waals surface area contributed by atoms with Crippen LogP contribution < -0.4 is 5.32 Å². The number of anilines is 1. The molecule has 1 aliphatic rings. The van der Waals surface area contributed by atoms with Crippen molar-refractivity contribution in [1.82, 2.24) is 9.78 Å². The minimum absolute atomic E-state index is 0.420. The first kappa shape index (κ1) is 32.3. The molecule has 20 heteroatoms. The molecule has 0 bridgehead atoms. The predicted molar refractivity (Wildman–Crippen MR) is 124 cm³/mol. The van der Waals surface area contributed by atoms with Gasteiger partial charge in [0.05, 0.1) is 28.8 Å². The Hall–Kier alpha value is -2.21. The van der Waals surface area contributed by atoms with E-state index < -0.39 is 111 Å². The van der Waals surface area contributed by atoms with E-state index in [1.165, 1.54) is 6.07 Å². The number of hydrogen-bond donors (Lipinski definition) is 5. The van der Waals surface area contributed by atoms with E-state index >= 15 is 0 Å². The Morgan fingerprint density at radius 1 is 1.12 bits per heavy atom. The summed E-state index contributed by atoms with van der Waals surface area (Å²) < 4.78 is 103. The molecule has 1 fully saturated rings. The highest BCUT2D eigenvalue weighted by atomic mass is 35.5. The summed E-state index contributed by atoms with van der Waals surface area (Å²) in [6.45, 7) is -1.79. The maximum atomic E-state index is 13.4. The summed E-state index contributed by atoms with van der Waals surface area (Å²) in [5.74, 6) is -0.784. The lowest BCUT2D eigenvalue weighted by Gasteiger charge is -2.39. The number of nitrogens with one attached hydrogen (secondary N) is 1. The van der Waals surface area contributed by atoms with Crippen LogP contribution in [0.5, 0.6) is 0 Å². The zero-order valence-electron chi connectivity index (χ0n) is 19.4. The number of ether oxygens (including phenoxy) is 2. The number of aromatic nitrogens is 2. The zero-order chi connectivity index (χ0) is 30.2. The van der Waals surface area contributed by atoms with Crippen molar-refractivity contribution in [1.29, 1.82) is 5.26 Å². The quantitative estimate of drug-likeness (QED) is 0.212. The van der Waals surface area contributed by atoms with Gasteiger partial charge in [-0.3, -0.25) is 0 Å². The molecule has 1 saturated heterocycles.